The van der Waals surface area contributed by atoms with E-state index >= 15 is 0 Å². The van der Waals surface area contributed by atoms with Gasteiger partial charge in [-0.3, -0.25) is 9.10 Å². The van der Waals surface area contributed by atoms with Crippen LogP contribution >= 0.6 is 0 Å². The summed E-state index contributed by atoms with van der Waals surface area (Å²) in [7, 11) is -3.78. The molecule has 0 unspecified atom stereocenters. The summed E-state index contributed by atoms with van der Waals surface area (Å²) in [5, 5.41) is 3.04. The van der Waals surface area contributed by atoms with Crippen molar-refractivity contribution in [2.45, 2.75) is 37.8 Å². The number of para-hydroxylation sites is 1. The Kier molecular flexibility index (Phi) is 7.86. The molecule has 0 heterocycles. The Balaban J connectivity index is 1.51. The van der Waals surface area contributed by atoms with Crippen LogP contribution in [0.1, 0.15) is 46.9 Å². The lowest BCUT2D eigenvalue weighted by molar-refractivity contribution is 0.0940. The van der Waals surface area contributed by atoms with Crippen molar-refractivity contribution in [2.75, 3.05) is 4.31 Å². The van der Waals surface area contributed by atoms with Crippen LogP contribution in [-0.4, -0.2) is 14.3 Å². The van der Waals surface area contributed by atoms with E-state index in [1.54, 1.807) is 66.7 Å². The summed E-state index contributed by atoms with van der Waals surface area (Å²) >= 11 is 0. The fraction of sp³-hybridized carbons (Fsp3) is 0.167. The zero-order valence-electron chi connectivity index (χ0n) is 20.5. The molecule has 4 aromatic rings. The van der Waals surface area contributed by atoms with Crippen molar-refractivity contribution < 1.29 is 13.2 Å². The summed E-state index contributed by atoms with van der Waals surface area (Å²) in [6.07, 6.45) is 0.974. The van der Waals surface area contributed by atoms with Crippen LogP contribution in [0.2, 0.25) is 0 Å². The third kappa shape index (κ3) is 5.83. The fourth-order valence-electron chi connectivity index (χ4n) is 3.96. The second-order valence-corrected chi connectivity index (χ2v) is 10.5. The highest BCUT2D eigenvalue weighted by molar-refractivity contribution is 7.92. The zero-order chi connectivity index (χ0) is 25.5. The lowest BCUT2D eigenvalue weighted by Crippen LogP contribution is -2.30. The molecule has 0 saturated carbocycles. The van der Waals surface area contributed by atoms with Gasteiger partial charge < -0.3 is 5.32 Å². The SMILES string of the molecule is CCc1ccc([C@H](C)NC(=O)c2ccc(CN(c3ccccc3)S(=O)(=O)c3ccccc3)cc2)cc1. The van der Waals surface area contributed by atoms with Gasteiger partial charge in [0.15, 0.2) is 0 Å². The molecule has 1 amide bonds. The van der Waals surface area contributed by atoms with Gasteiger partial charge in [-0.05, 0) is 66.4 Å². The Morgan fingerprint density at radius 2 is 1.33 bits per heavy atom. The predicted octanol–water partition coefficient (Wildman–Crippen LogP) is 6.14. The summed E-state index contributed by atoms with van der Waals surface area (Å²) < 4.78 is 28.3. The van der Waals surface area contributed by atoms with Crippen molar-refractivity contribution in [1.29, 1.82) is 0 Å². The first-order chi connectivity index (χ1) is 17.4. The molecule has 0 aliphatic carbocycles. The summed E-state index contributed by atoms with van der Waals surface area (Å²) in [6, 6.07) is 32.6. The first kappa shape index (κ1) is 25.2. The van der Waals surface area contributed by atoms with Gasteiger partial charge in [-0.2, -0.15) is 0 Å². The topological polar surface area (TPSA) is 66.5 Å². The molecular formula is C30H30N2O3S. The van der Waals surface area contributed by atoms with Crippen molar-refractivity contribution in [1.82, 2.24) is 5.32 Å². The van der Waals surface area contributed by atoms with Gasteiger partial charge in [0, 0.05) is 5.56 Å². The summed E-state index contributed by atoms with van der Waals surface area (Å²) in [5.41, 5.74) is 4.17. The largest absolute Gasteiger partial charge is 0.346 e. The maximum Gasteiger partial charge on any atom is 0.264 e. The monoisotopic (exact) mass is 498 g/mol. The number of sulfonamides is 1. The number of anilines is 1. The Labute approximate surface area is 213 Å². The van der Waals surface area contributed by atoms with Crippen molar-refractivity contribution in [3.63, 3.8) is 0 Å². The average molecular weight is 499 g/mol. The minimum absolute atomic E-state index is 0.132. The van der Waals surface area contributed by atoms with Crippen LogP contribution in [0.4, 0.5) is 5.69 Å². The molecule has 1 N–H and O–H groups in total. The highest BCUT2D eigenvalue weighted by Gasteiger charge is 2.25. The highest BCUT2D eigenvalue weighted by Crippen LogP contribution is 2.26. The van der Waals surface area contributed by atoms with E-state index in [1.165, 1.54) is 9.87 Å². The number of carbonyl (C=O) groups is 1. The van der Waals surface area contributed by atoms with Gasteiger partial charge in [0.1, 0.15) is 0 Å². The Hall–Kier alpha value is -3.90. The van der Waals surface area contributed by atoms with E-state index in [2.05, 4.69) is 24.4 Å². The number of rotatable bonds is 9. The molecule has 0 aliphatic heterocycles. The second kappa shape index (κ2) is 11.2. The van der Waals surface area contributed by atoms with E-state index in [-0.39, 0.29) is 23.4 Å². The lowest BCUT2D eigenvalue weighted by Gasteiger charge is -2.25. The Morgan fingerprint density at radius 3 is 1.92 bits per heavy atom. The molecule has 5 nitrogen and oxygen atoms in total. The first-order valence-electron chi connectivity index (χ1n) is 12.0. The van der Waals surface area contributed by atoms with E-state index in [1.807, 2.05) is 37.3 Å². The predicted molar refractivity (Wildman–Crippen MR) is 144 cm³/mol. The number of hydrogen-bond acceptors (Lipinski definition) is 3. The molecule has 4 aromatic carbocycles. The van der Waals surface area contributed by atoms with Gasteiger partial charge in [-0.1, -0.05) is 79.7 Å². The molecule has 184 valence electrons. The smallest absolute Gasteiger partial charge is 0.264 e. The van der Waals surface area contributed by atoms with Gasteiger partial charge in [-0.25, -0.2) is 8.42 Å². The van der Waals surface area contributed by atoms with Crippen molar-refractivity contribution in [3.8, 4) is 0 Å². The van der Waals surface area contributed by atoms with Gasteiger partial charge in [0.05, 0.1) is 23.2 Å². The molecule has 0 aromatic heterocycles. The van der Waals surface area contributed by atoms with Crippen LogP contribution in [0.15, 0.2) is 114 Å². The molecule has 4 rings (SSSR count). The lowest BCUT2D eigenvalue weighted by atomic mass is 10.0. The quantitative estimate of drug-likeness (QED) is 0.302. The minimum Gasteiger partial charge on any atom is -0.346 e. The number of benzene rings is 4. The zero-order valence-corrected chi connectivity index (χ0v) is 21.3. The molecule has 0 saturated heterocycles. The van der Waals surface area contributed by atoms with E-state index < -0.39 is 10.0 Å². The molecule has 6 heteroatoms. The Bertz CT molecular complexity index is 1390. The molecule has 0 fully saturated rings. The molecule has 0 radical (unpaired) electrons. The van der Waals surface area contributed by atoms with Crippen LogP contribution in [0.25, 0.3) is 0 Å². The van der Waals surface area contributed by atoms with Crippen LogP contribution in [0.5, 0.6) is 0 Å². The van der Waals surface area contributed by atoms with Crippen LogP contribution in [0, 0.1) is 0 Å². The molecule has 0 spiro atoms. The second-order valence-electron chi connectivity index (χ2n) is 8.65. The summed E-state index contributed by atoms with van der Waals surface area (Å²) in [4.78, 5) is 13.1. The van der Waals surface area contributed by atoms with Gasteiger partial charge in [0.25, 0.3) is 15.9 Å². The van der Waals surface area contributed by atoms with E-state index in [0.29, 0.717) is 11.3 Å². The highest BCUT2D eigenvalue weighted by atomic mass is 32.2. The van der Waals surface area contributed by atoms with Gasteiger partial charge >= 0.3 is 0 Å². The third-order valence-electron chi connectivity index (χ3n) is 6.15. The van der Waals surface area contributed by atoms with Crippen LogP contribution < -0.4 is 9.62 Å². The summed E-state index contributed by atoms with van der Waals surface area (Å²) in [5.74, 6) is -0.176. The molecular weight excluding hydrogens is 468 g/mol. The normalized spacial score (nSPS) is 12.1. The van der Waals surface area contributed by atoms with E-state index in [0.717, 1.165) is 17.5 Å². The van der Waals surface area contributed by atoms with E-state index in [4.69, 9.17) is 0 Å². The Morgan fingerprint density at radius 1 is 0.778 bits per heavy atom. The molecule has 1 atom stereocenters. The number of amides is 1. The minimum atomic E-state index is -3.78. The van der Waals surface area contributed by atoms with Crippen molar-refractivity contribution in [3.05, 3.63) is 131 Å². The summed E-state index contributed by atoms with van der Waals surface area (Å²) in [6.45, 7) is 4.21. The van der Waals surface area contributed by atoms with Gasteiger partial charge in [-0.15, -0.1) is 0 Å². The van der Waals surface area contributed by atoms with E-state index in [9.17, 15) is 13.2 Å². The molecule has 0 bridgehead atoms. The average Bonchev–Trinajstić information content (AvgIpc) is 2.93. The molecule has 36 heavy (non-hydrogen) atoms. The van der Waals surface area contributed by atoms with Crippen molar-refractivity contribution >= 4 is 21.6 Å². The van der Waals surface area contributed by atoms with Crippen LogP contribution in [0.3, 0.4) is 0 Å². The van der Waals surface area contributed by atoms with Gasteiger partial charge in [0.2, 0.25) is 0 Å². The number of carbonyl (C=O) groups excluding carboxylic acids is 1. The first-order valence-corrected chi connectivity index (χ1v) is 13.4. The number of nitrogens with one attached hydrogen (secondary N) is 1. The van der Waals surface area contributed by atoms with Crippen molar-refractivity contribution in [2.24, 2.45) is 0 Å². The number of hydrogen-bond donors (Lipinski definition) is 1. The molecule has 0 aliphatic rings. The fourth-order valence-corrected chi connectivity index (χ4v) is 5.44. The maximum atomic E-state index is 13.5. The van der Waals surface area contributed by atoms with Crippen LogP contribution in [-0.2, 0) is 23.0 Å². The maximum absolute atomic E-state index is 13.5. The third-order valence-corrected chi connectivity index (χ3v) is 7.94. The standard InChI is InChI=1S/C30H30N2O3S/c1-3-24-14-18-26(19-15-24)23(2)31-30(33)27-20-16-25(17-21-27)22-32(28-10-6-4-7-11-28)36(34,35)29-12-8-5-9-13-29/h4-21,23H,3,22H2,1-2H3,(H,31,33)/t23-/m0/s1. The number of nitrogens with zero attached hydrogens (tertiary/aromatic N) is 1. The number of aryl methyl sites for hydroxylation is 1.